The number of hydrogen-bond acceptors (Lipinski definition) is 5. The van der Waals surface area contributed by atoms with Gasteiger partial charge in [-0.15, -0.1) is 11.3 Å². The molecule has 0 aliphatic carbocycles. The van der Waals surface area contributed by atoms with Crippen LogP contribution in [0.5, 0.6) is 0 Å². The number of hydrogen-bond donors (Lipinski definition) is 1. The fourth-order valence-corrected chi connectivity index (χ4v) is 2.62. The van der Waals surface area contributed by atoms with Gasteiger partial charge in [-0.25, -0.2) is 4.98 Å². The molecule has 102 valence electrons. The van der Waals surface area contributed by atoms with Crippen LogP contribution in [0, 0.1) is 6.92 Å². The molecule has 2 heterocycles. The lowest BCUT2D eigenvalue weighted by molar-refractivity contribution is -0.131. The van der Waals surface area contributed by atoms with E-state index >= 15 is 0 Å². The zero-order valence-electron chi connectivity index (χ0n) is 11.2. The Morgan fingerprint density at radius 2 is 2.32 bits per heavy atom. The summed E-state index contributed by atoms with van der Waals surface area (Å²) >= 11 is 1.58. The van der Waals surface area contributed by atoms with E-state index in [1.807, 2.05) is 6.92 Å². The number of aryl methyl sites for hydroxylation is 2. The largest absolute Gasteiger partial charge is 0.339 e. The minimum Gasteiger partial charge on any atom is -0.339 e. The van der Waals surface area contributed by atoms with E-state index < -0.39 is 6.04 Å². The van der Waals surface area contributed by atoms with Gasteiger partial charge in [0.25, 0.3) is 0 Å². The minimum atomic E-state index is -0.673. The van der Waals surface area contributed by atoms with E-state index in [9.17, 15) is 4.79 Å². The Morgan fingerprint density at radius 1 is 1.58 bits per heavy atom. The number of nitrogens with two attached hydrogens (primary N) is 1. The maximum Gasteiger partial charge on any atom is 0.244 e. The third-order valence-electron chi connectivity index (χ3n) is 2.79. The van der Waals surface area contributed by atoms with Crippen molar-refractivity contribution in [3.05, 3.63) is 34.0 Å². The fraction of sp³-hybridized carbons (Fsp3) is 0.417. The first kappa shape index (κ1) is 13.7. The van der Waals surface area contributed by atoms with Crippen LogP contribution < -0.4 is 5.73 Å². The molecule has 0 fully saturated rings. The van der Waals surface area contributed by atoms with Gasteiger partial charge in [-0.1, -0.05) is 0 Å². The second kappa shape index (κ2) is 5.50. The normalized spacial score (nSPS) is 12.4. The van der Waals surface area contributed by atoms with E-state index in [2.05, 4.69) is 10.1 Å². The second-order valence-electron chi connectivity index (χ2n) is 4.46. The van der Waals surface area contributed by atoms with Crippen molar-refractivity contribution in [2.45, 2.75) is 19.5 Å². The Morgan fingerprint density at radius 3 is 2.84 bits per heavy atom. The lowest BCUT2D eigenvalue weighted by Gasteiger charge is -2.19. The number of nitrogens with zero attached hydrogens (tertiary/aromatic N) is 4. The van der Waals surface area contributed by atoms with Crippen molar-refractivity contribution in [1.29, 1.82) is 0 Å². The summed E-state index contributed by atoms with van der Waals surface area (Å²) in [7, 11) is 3.54. The van der Waals surface area contributed by atoms with Crippen molar-refractivity contribution < 1.29 is 4.79 Å². The Hall–Kier alpha value is -1.73. The number of rotatable bonds is 4. The van der Waals surface area contributed by atoms with Gasteiger partial charge in [0, 0.05) is 36.9 Å². The van der Waals surface area contributed by atoms with Gasteiger partial charge in [-0.3, -0.25) is 9.48 Å². The van der Waals surface area contributed by atoms with Crippen LogP contribution in [0.15, 0.2) is 18.6 Å². The molecule has 19 heavy (non-hydrogen) atoms. The van der Waals surface area contributed by atoms with Crippen molar-refractivity contribution in [2.75, 3.05) is 7.05 Å². The summed E-state index contributed by atoms with van der Waals surface area (Å²) in [5.74, 6) is -0.126. The van der Waals surface area contributed by atoms with Crippen LogP contribution in [0.2, 0.25) is 0 Å². The molecule has 1 amide bonds. The molecule has 0 radical (unpaired) electrons. The summed E-state index contributed by atoms with van der Waals surface area (Å²) in [4.78, 5) is 19.0. The topological polar surface area (TPSA) is 77.0 Å². The van der Waals surface area contributed by atoms with Gasteiger partial charge in [0.1, 0.15) is 6.04 Å². The molecule has 2 aromatic rings. The molecule has 0 aliphatic rings. The smallest absolute Gasteiger partial charge is 0.244 e. The van der Waals surface area contributed by atoms with Crippen LogP contribution in [0.1, 0.15) is 21.5 Å². The van der Waals surface area contributed by atoms with Gasteiger partial charge in [0.2, 0.25) is 5.91 Å². The molecular formula is C12H17N5OS. The SMILES string of the molecule is Cc1ncc(CN(C)C(=O)C(N)c2cnn(C)c2)s1. The van der Waals surface area contributed by atoms with E-state index in [-0.39, 0.29) is 5.91 Å². The molecule has 7 heteroatoms. The highest BCUT2D eigenvalue weighted by molar-refractivity contribution is 7.11. The predicted molar refractivity (Wildman–Crippen MR) is 73.5 cm³/mol. The summed E-state index contributed by atoms with van der Waals surface area (Å²) in [6.45, 7) is 2.47. The number of amides is 1. The zero-order chi connectivity index (χ0) is 14.0. The molecule has 0 saturated carbocycles. The molecule has 0 saturated heterocycles. The van der Waals surface area contributed by atoms with Crippen molar-refractivity contribution in [3.63, 3.8) is 0 Å². The number of aromatic nitrogens is 3. The van der Waals surface area contributed by atoms with Crippen LogP contribution in [-0.2, 0) is 18.4 Å². The highest BCUT2D eigenvalue weighted by atomic mass is 32.1. The Balaban J connectivity index is 2.02. The van der Waals surface area contributed by atoms with E-state index in [1.54, 1.807) is 53.6 Å². The van der Waals surface area contributed by atoms with Gasteiger partial charge in [0.15, 0.2) is 0 Å². The van der Waals surface area contributed by atoms with Crippen molar-refractivity contribution >= 4 is 17.2 Å². The molecule has 0 spiro atoms. The standard InChI is InChI=1S/C12H17N5OS/c1-8-14-5-10(19-8)7-16(2)12(18)11(13)9-4-15-17(3)6-9/h4-6,11H,7,13H2,1-3H3. The van der Waals surface area contributed by atoms with Crippen molar-refractivity contribution in [3.8, 4) is 0 Å². The Bertz CT molecular complexity index is 576. The number of carbonyl (C=O) groups is 1. The zero-order valence-corrected chi connectivity index (χ0v) is 12.0. The lowest BCUT2D eigenvalue weighted by Crippen LogP contribution is -2.35. The monoisotopic (exact) mass is 279 g/mol. The molecule has 0 bridgehead atoms. The van der Waals surface area contributed by atoms with Gasteiger partial charge >= 0.3 is 0 Å². The van der Waals surface area contributed by atoms with E-state index in [4.69, 9.17) is 5.73 Å². The van der Waals surface area contributed by atoms with E-state index in [0.717, 1.165) is 15.4 Å². The first-order valence-electron chi connectivity index (χ1n) is 5.88. The van der Waals surface area contributed by atoms with E-state index in [1.165, 1.54) is 0 Å². The molecule has 2 N–H and O–H groups in total. The van der Waals surface area contributed by atoms with E-state index in [0.29, 0.717) is 6.54 Å². The van der Waals surface area contributed by atoms with Gasteiger partial charge in [0.05, 0.1) is 17.7 Å². The first-order chi connectivity index (χ1) is 8.97. The Kier molecular flexibility index (Phi) is 3.96. The average molecular weight is 279 g/mol. The summed E-state index contributed by atoms with van der Waals surface area (Å²) in [5.41, 5.74) is 6.68. The van der Waals surface area contributed by atoms with Gasteiger partial charge in [-0.05, 0) is 6.92 Å². The maximum absolute atomic E-state index is 12.2. The van der Waals surface area contributed by atoms with Crippen LogP contribution in [0.4, 0.5) is 0 Å². The van der Waals surface area contributed by atoms with Crippen LogP contribution >= 0.6 is 11.3 Å². The van der Waals surface area contributed by atoms with Crippen LogP contribution in [0.25, 0.3) is 0 Å². The van der Waals surface area contributed by atoms with Gasteiger partial charge < -0.3 is 10.6 Å². The summed E-state index contributed by atoms with van der Waals surface area (Å²) in [6, 6.07) is -0.673. The summed E-state index contributed by atoms with van der Waals surface area (Å²) < 4.78 is 1.63. The maximum atomic E-state index is 12.2. The molecule has 1 atom stereocenters. The van der Waals surface area contributed by atoms with Gasteiger partial charge in [-0.2, -0.15) is 5.10 Å². The minimum absolute atomic E-state index is 0.126. The third-order valence-corrected chi connectivity index (χ3v) is 3.69. The number of thiazole rings is 1. The average Bonchev–Trinajstić information content (AvgIpc) is 2.96. The van der Waals surface area contributed by atoms with Crippen LogP contribution in [-0.4, -0.2) is 32.6 Å². The molecule has 2 aromatic heterocycles. The van der Waals surface area contributed by atoms with Crippen LogP contribution in [0.3, 0.4) is 0 Å². The van der Waals surface area contributed by atoms with Crippen molar-refractivity contribution in [2.24, 2.45) is 12.8 Å². The third kappa shape index (κ3) is 3.18. The fourth-order valence-electron chi connectivity index (χ4n) is 1.77. The molecular weight excluding hydrogens is 262 g/mol. The predicted octanol–water partition coefficient (Wildman–Crippen LogP) is 0.843. The first-order valence-corrected chi connectivity index (χ1v) is 6.69. The Labute approximate surface area is 115 Å². The highest BCUT2D eigenvalue weighted by Crippen LogP contribution is 2.16. The molecule has 6 nitrogen and oxygen atoms in total. The quantitative estimate of drug-likeness (QED) is 0.900. The van der Waals surface area contributed by atoms with Crippen molar-refractivity contribution in [1.82, 2.24) is 19.7 Å². The molecule has 0 aromatic carbocycles. The molecule has 0 aliphatic heterocycles. The summed E-state index contributed by atoms with van der Waals surface area (Å²) in [5, 5.41) is 5.02. The molecule has 2 rings (SSSR count). The number of likely N-dealkylation sites (N-methyl/N-ethyl adjacent to an activating group) is 1. The summed E-state index contributed by atoms with van der Waals surface area (Å²) in [6.07, 6.45) is 5.17. The molecule has 1 unspecified atom stereocenters. The number of carbonyl (C=O) groups excluding carboxylic acids is 1. The second-order valence-corrected chi connectivity index (χ2v) is 5.78. The highest BCUT2D eigenvalue weighted by Gasteiger charge is 2.21. The lowest BCUT2D eigenvalue weighted by atomic mass is 10.1.